The quantitative estimate of drug-likeness (QED) is 0.492. The molecule has 0 aliphatic carbocycles. The van der Waals surface area contributed by atoms with Gasteiger partial charge in [-0.05, 0) is 60.3 Å². The van der Waals surface area contributed by atoms with Crippen molar-refractivity contribution >= 4 is 35.0 Å². The molecule has 1 aromatic heterocycles. The second-order valence-electron chi connectivity index (χ2n) is 7.20. The lowest BCUT2D eigenvalue weighted by Gasteiger charge is -2.19. The van der Waals surface area contributed by atoms with Crippen molar-refractivity contribution in [1.82, 2.24) is 14.7 Å². The molecule has 2 aromatic carbocycles. The van der Waals surface area contributed by atoms with Crippen LogP contribution in [0.5, 0.6) is 0 Å². The van der Waals surface area contributed by atoms with Crippen molar-refractivity contribution in [3.8, 4) is 0 Å². The highest BCUT2D eigenvalue weighted by atomic mass is 32.2. The molecule has 140 valence electrons. The van der Waals surface area contributed by atoms with Gasteiger partial charge < -0.3 is 10.6 Å². The van der Waals surface area contributed by atoms with Crippen molar-refractivity contribution in [3.63, 3.8) is 0 Å². The third-order valence-corrected chi connectivity index (χ3v) is 4.71. The number of rotatable bonds is 6. The Morgan fingerprint density at radius 3 is 2.11 bits per heavy atom. The van der Waals surface area contributed by atoms with Gasteiger partial charge in [-0.1, -0.05) is 39.0 Å². The predicted molar refractivity (Wildman–Crippen MR) is 115 cm³/mol. The van der Waals surface area contributed by atoms with E-state index in [2.05, 4.69) is 82.5 Å². The first-order chi connectivity index (χ1) is 12.9. The van der Waals surface area contributed by atoms with Gasteiger partial charge >= 0.3 is 0 Å². The van der Waals surface area contributed by atoms with Crippen LogP contribution in [0.4, 0.5) is 23.0 Å². The van der Waals surface area contributed by atoms with Gasteiger partial charge in [-0.15, -0.1) is 0 Å². The largest absolute Gasteiger partial charge is 0.340 e. The summed E-state index contributed by atoms with van der Waals surface area (Å²) < 4.78 is 3.08. The van der Waals surface area contributed by atoms with Gasteiger partial charge in [0, 0.05) is 22.3 Å². The summed E-state index contributed by atoms with van der Waals surface area (Å²) in [5, 5.41) is 6.66. The Kier molecular flexibility index (Phi) is 5.98. The molecule has 0 spiro atoms. The van der Waals surface area contributed by atoms with Crippen LogP contribution in [0.25, 0.3) is 0 Å². The van der Waals surface area contributed by atoms with Gasteiger partial charge in [0.25, 0.3) is 0 Å². The summed E-state index contributed by atoms with van der Waals surface area (Å²) in [4.78, 5) is 9.77. The smallest absolute Gasteiger partial charge is 0.135 e. The monoisotopic (exact) mass is 379 g/mol. The van der Waals surface area contributed by atoms with E-state index in [1.165, 1.54) is 5.56 Å². The van der Waals surface area contributed by atoms with E-state index in [1.807, 2.05) is 25.2 Å². The molecule has 1 heterocycles. The number of aromatic nitrogens is 2. The molecule has 3 N–H and O–H groups in total. The number of benzene rings is 2. The lowest BCUT2D eigenvalue weighted by molar-refractivity contribution is 0.590. The van der Waals surface area contributed by atoms with Gasteiger partial charge in [-0.3, -0.25) is 4.72 Å². The van der Waals surface area contributed by atoms with Crippen molar-refractivity contribution in [2.75, 3.05) is 17.7 Å². The first kappa shape index (κ1) is 19.2. The van der Waals surface area contributed by atoms with E-state index in [0.717, 1.165) is 27.9 Å². The number of nitrogens with one attached hydrogen (secondary N) is 3. The minimum atomic E-state index is 0.144. The second kappa shape index (κ2) is 8.41. The van der Waals surface area contributed by atoms with E-state index in [-0.39, 0.29) is 5.41 Å². The van der Waals surface area contributed by atoms with E-state index >= 15 is 0 Å². The fourth-order valence-corrected chi connectivity index (χ4v) is 3.17. The van der Waals surface area contributed by atoms with E-state index < -0.39 is 0 Å². The summed E-state index contributed by atoms with van der Waals surface area (Å²) in [6.45, 7) is 6.63. The molecule has 0 aliphatic rings. The first-order valence-corrected chi connectivity index (χ1v) is 9.66. The lowest BCUT2D eigenvalue weighted by Crippen LogP contribution is -2.10. The van der Waals surface area contributed by atoms with E-state index in [4.69, 9.17) is 0 Å². The summed E-state index contributed by atoms with van der Waals surface area (Å²) in [5.74, 6) is 1.49. The zero-order valence-electron chi connectivity index (χ0n) is 16.1. The Hall–Kier alpha value is -2.57. The predicted octanol–water partition coefficient (Wildman–Crippen LogP) is 5.49. The van der Waals surface area contributed by atoms with Crippen LogP contribution in [-0.4, -0.2) is 17.0 Å². The lowest BCUT2D eigenvalue weighted by atomic mass is 9.87. The molecular weight excluding hydrogens is 354 g/mol. The molecule has 0 unspecified atom stereocenters. The molecular formula is C21H25N5S. The minimum absolute atomic E-state index is 0.144. The SMILES string of the molecule is CNSc1cccc(Nc2cc(Nc3ccc(C(C)(C)C)cc3)ncn2)c1. The number of hydrogen-bond donors (Lipinski definition) is 3. The van der Waals surface area contributed by atoms with Crippen LogP contribution in [0.15, 0.2) is 65.8 Å². The Balaban J connectivity index is 1.71. The van der Waals surface area contributed by atoms with Crippen LogP contribution in [0, 0.1) is 0 Å². The Labute approximate surface area is 165 Å². The molecule has 6 heteroatoms. The van der Waals surface area contributed by atoms with Gasteiger partial charge in [0.15, 0.2) is 0 Å². The average molecular weight is 380 g/mol. The molecule has 3 rings (SSSR count). The second-order valence-corrected chi connectivity index (χ2v) is 8.28. The van der Waals surface area contributed by atoms with Crippen molar-refractivity contribution in [2.24, 2.45) is 0 Å². The maximum atomic E-state index is 4.32. The Bertz CT molecular complexity index is 888. The van der Waals surface area contributed by atoms with Crippen LogP contribution < -0.4 is 15.4 Å². The first-order valence-electron chi connectivity index (χ1n) is 8.84. The topological polar surface area (TPSA) is 61.9 Å². The van der Waals surface area contributed by atoms with Crippen LogP contribution in [-0.2, 0) is 5.41 Å². The van der Waals surface area contributed by atoms with Gasteiger partial charge in [0.05, 0.1) is 0 Å². The fourth-order valence-electron chi connectivity index (χ4n) is 2.60. The molecule has 0 saturated heterocycles. The van der Waals surface area contributed by atoms with Gasteiger partial charge in [0.1, 0.15) is 18.0 Å². The normalized spacial score (nSPS) is 11.3. The molecule has 0 atom stereocenters. The Morgan fingerprint density at radius 2 is 1.48 bits per heavy atom. The number of hydrogen-bond acceptors (Lipinski definition) is 6. The average Bonchev–Trinajstić information content (AvgIpc) is 2.62. The third-order valence-electron chi connectivity index (χ3n) is 4.02. The highest BCUT2D eigenvalue weighted by molar-refractivity contribution is 7.97. The highest BCUT2D eigenvalue weighted by Crippen LogP contribution is 2.25. The molecule has 0 aliphatic heterocycles. The van der Waals surface area contributed by atoms with Crippen molar-refractivity contribution in [3.05, 3.63) is 66.5 Å². The van der Waals surface area contributed by atoms with Crippen LogP contribution in [0.2, 0.25) is 0 Å². The summed E-state index contributed by atoms with van der Waals surface area (Å²) >= 11 is 1.57. The zero-order valence-corrected chi connectivity index (χ0v) is 16.9. The number of nitrogens with zero attached hydrogens (tertiary/aromatic N) is 2. The molecule has 27 heavy (non-hydrogen) atoms. The van der Waals surface area contributed by atoms with E-state index in [1.54, 1.807) is 18.3 Å². The zero-order chi connectivity index (χ0) is 19.3. The Morgan fingerprint density at radius 1 is 0.815 bits per heavy atom. The summed E-state index contributed by atoms with van der Waals surface area (Å²) in [5.41, 5.74) is 3.43. The summed E-state index contributed by atoms with van der Waals surface area (Å²) in [7, 11) is 1.90. The molecule has 0 amide bonds. The maximum absolute atomic E-state index is 4.32. The fraction of sp³-hybridized carbons (Fsp3) is 0.238. The van der Waals surface area contributed by atoms with Crippen LogP contribution in [0.3, 0.4) is 0 Å². The molecule has 0 saturated carbocycles. The summed E-state index contributed by atoms with van der Waals surface area (Å²) in [6.07, 6.45) is 1.56. The molecule has 5 nitrogen and oxygen atoms in total. The van der Waals surface area contributed by atoms with E-state index in [0.29, 0.717) is 0 Å². The standard InChI is InChI=1S/C21H25N5S/c1-21(2,3)15-8-10-16(11-9-15)25-19-13-20(24-14-23-19)26-17-6-5-7-18(12-17)27-22-4/h5-14,22H,1-4H3,(H2,23,24,25,26). The molecule has 0 bridgehead atoms. The van der Waals surface area contributed by atoms with Crippen molar-refractivity contribution in [1.29, 1.82) is 0 Å². The van der Waals surface area contributed by atoms with Gasteiger partial charge in [0.2, 0.25) is 0 Å². The number of anilines is 4. The maximum Gasteiger partial charge on any atom is 0.135 e. The summed E-state index contributed by atoms with van der Waals surface area (Å²) in [6, 6.07) is 18.5. The molecule has 3 aromatic rings. The molecule has 0 radical (unpaired) electrons. The van der Waals surface area contributed by atoms with Crippen molar-refractivity contribution in [2.45, 2.75) is 31.1 Å². The third kappa shape index (κ3) is 5.45. The molecule has 0 fully saturated rings. The highest BCUT2D eigenvalue weighted by Gasteiger charge is 2.12. The van der Waals surface area contributed by atoms with Crippen molar-refractivity contribution < 1.29 is 0 Å². The van der Waals surface area contributed by atoms with Crippen LogP contribution in [0.1, 0.15) is 26.3 Å². The minimum Gasteiger partial charge on any atom is -0.340 e. The van der Waals surface area contributed by atoms with Gasteiger partial charge in [-0.25, -0.2) is 9.97 Å². The van der Waals surface area contributed by atoms with Crippen LogP contribution >= 0.6 is 11.9 Å². The van der Waals surface area contributed by atoms with E-state index in [9.17, 15) is 0 Å². The van der Waals surface area contributed by atoms with Gasteiger partial charge in [-0.2, -0.15) is 0 Å².